The van der Waals surface area contributed by atoms with Gasteiger partial charge in [0.05, 0.1) is 58.2 Å². The summed E-state index contributed by atoms with van der Waals surface area (Å²) in [6, 6.07) is 0. The van der Waals surface area contributed by atoms with Crippen LogP contribution in [0.4, 0.5) is 0 Å². The van der Waals surface area contributed by atoms with Gasteiger partial charge < -0.3 is 28.4 Å². The second kappa shape index (κ2) is 15.5. The summed E-state index contributed by atoms with van der Waals surface area (Å²) in [5.74, 6) is -0.852. The Balaban J connectivity index is 2.26. The molecule has 1 rings (SSSR count). The molecule has 0 radical (unpaired) electrons. The lowest BCUT2D eigenvalue weighted by Crippen LogP contribution is -2.43. The number of H-pyrrole nitrogens is 1. The number of carboxylic acids is 1. The molecular formula is C26H53N3O6Si2. The third-order valence-electron chi connectivity index (χ3n) is 7.84. The Hall–Kier alpha value is -1.09. The first kappa shape index (κ1) is 33.9. The zero-order valence-corrected chi connectivity index (χ0v) is 26.8. The molecule has 0 aliphatic carbocycles. The minimum atomic E-state index is -1.95. The van der Waals surface area contributed by atoms with Crippen LogP contribution in [0, 0.1) is 0 Å². The summed E-state index contributed by atoms with van der Waals surface area (Å²) in [6.45, 7) is 24.2. The summed E-state index contributed by atoms with van der Waals surface area (Å²) in [4.78, 5) is 20.4. The quantitative estimate of drug-likeness (QED) is 0.174. The molecule has 2 N–H and O–H groups in total. The fourth-order valence-corrected chi connectivity index (χ4v) is 6.08. The summed E-state index contributed by atoms with van der Waals surface area (Å²) in [7, 11) is -3.72. The first-order chi connectivity index (χ1) is 17.1. The van der Waals surface area contributed by atoms with Gasteiger partial charge in [0, 0.05) is 19.3 Å². The molecule has 0 bridgehead atoms. The monoisotopic (exact) mass is 559 g/mol. The topological polar surface area (TPSA) is 106 Å². The Labute approximate surface area is 226 Å². The van der Waals surface area contributed by atoms with Crippen LogP contribution >= 0.6 is 0 Å². The van der Waals surface area contributed by atoms with Crippen molar-refractivity contribution in [1.82, 2.24) is 14.9 Å². The minimum Gasteiger partial charge on any atom is -0.480 e. The Morgan fingerprint density at radius 2 is 1.46 bits per heavy atom. The Morgan fingerprint density at radius 1 is 0.919 bits per heavy atom. The van der Waals surface area contributed by atoms with Crippen molar-refractivity contribution < 1.29 is 28.2 Å². The minimum absolute atomic E-state index is 0.0339. The predicted octanol–water partition coefficient (Wildman–Crippen LogP) is 4.79. The van der Waals surface area contributed by atoms with Crippen molar-refractivity contribution in [3.05, 3.63) is 18.2 Å². The van der Waals surface area contributed by atoms with Gasteiger partial charge in [-0.3, -0.25) is 9.69 Å². The van der Waals surface area contributed by atoms with Gasteiger partial charge in [-0.25, -0.2) is 4.98 Å². The van der Waals surface area contributed by atoms with Crippen LogP contribution in [0.2, 0.25) is 36.3 Å². The molecule has 0 unspecified atom stereocenters. The zero-order valence-electron chi connectivity index (χ0n) is 24.8. The van der Waals surface area contributed by atoms with Crippen molar-refractivity contribution in [3.8, 4) is 0 Å². The number of carbonyl (C=O) groups is 1. The number of nitrogens with zero attached hydrogens (tertiary/aromatic N) is 2. The van der Waals surface area contributed by atoms with Crippen molar-refractivity contribution in [2.24, 2.45) is 0 Å². The van der Waals surface area contributed by atoms with Crippen LogP contribution in [0.3, 0.4) is 0 Å². The van der Waals surface area contributed by atoms with E-state index in [4.69, 9.17) is 18.3 Å². The number of aromatic amines is 1. The third-order valence-corrected chi connectivity index (χ3v) is 16.8. The van der Waals surface area contributed by atoms with E-state index in [1.165, 1.54) is 0 Å². The molecule has 0 aliphatic heterocycles. The van der Waals surface area contributed by atoms with Crippen molar-refractivity contribution >= 4 is 22.6 Å². The number of nitrogens with one attached hydrogen (secondary N) is 1. The van der Waals surface area contributed by atoms with E-state index in [0.29, 0.717) is 52.7 Å². The number of rotatable bonds is 20. The molecule has 216 valence electrons. The Morgan fingerprint density at radius 3 is 1.92 bits per heavy atom. The summed E-state index contributed by atoms with van der Waals surface area (Å²) in [5, 5.41) is 9.51. The molecule has 0 saturated carbocycles. The smallest absolute Gasteiger partial charge is 0.317 e. The first-order valence-electron chi connectivity index (χ1n) is 13.4. The molecule has 1 aromatic heterocycles. The molecular weight excluding hydrogens is 506 g/mol. The van der Waals surface area contributed by atoms with Gasteiger partial charge >= 0.3 is 5.97 Å². The number of ether oxygens (including phenoxy) is 2. The SMILES string of the molecule is CC(C)(C)[Si](C)(C)OCCOCCN(CCOCCO[Si](C)(C)C(C)(C)CCc1c[nH]cn1)CC(=O)O. The zero-order chi connectivity index (χ0) is 28.2. The predicted molar refractivity (Wildman–Crippen MR) is 153 cm³/mol. The molecule has 1 heterocycles. The van der Waals surface area contributed by atoms with Gasteiger partial charge in [-0.15, -0.1) is 0 Å². The second-order valence-electron chi connectivity index (χ2n) is 12.3. The lowest BCUT2D eigenvalue weighted by atomic mass is 10.1. The number of imidazole rings is 1. The van der Waals surface area contributed by atoms with Crippen molar-refractivity contribution in [2.75, 3.05) is 59.3 Å². The van der Waals surface area contributed by atoms with E-state index in [2.05, 4.69) is 70.8 Å². The highest BCUT2D eigenvalue weighted by Crippen LogP contribution is 2.42. The normalized spacial score (nSPS) is 13.5. The largest absolute Gasteiger partial charge is 0.480 e. The Bertz CT molecular complexity index is 767. The van der Waals surface area contributed by atoms with Crippen LogP contribution in [-0.4, -0.2) is 102 Å². The van der Waals surface area contributed by atoms with Gasteiger partial charge in [0.25, 0.3) is 0 Å². The lowest BCUT2D eigenvalue weighted by molar-refractivity contribution is -0.138. The number of aromatic nitrogens is 2. The fourth-order valence-electron chi connectivity index (χ4n) is 3.35. The fraction of sp³-hybridized carbons (Fsp3) is 0.846. The highest BCUT2D eigenvalue weighted by Gasteiger charge is 2.40. The molecule has 0 aliphatic rings. The van der Waals surface area contributed by atoms with Crippen LogP contribution in [0.25, 0.3) is 0 Å². The molecule has 0 amide bonds. The molecule has 0 spiro atoms. The summed E-state index contributed by atoms with van der Waals surface area (Å²) >= 11 is 0. The van der Waals surface area contributed by atoms with Gasteiger partial charge in [0.15, 0.2) is 16.6 Å². The summed E-state index contributed by atoms with van der Waals surface area (Å²) < 4.78 is 23.9. The Kier molecular flexibility index (Phi) is 14.2. The molecule has 0 atom stereocenters. The van der Waals surface area contributed by atoms with Crippen LogP contribution in [0.5, 0.6) is 0 Å². The highest BCUT2D eigenvalue weighted by atomic mass is 28.4. The van der Waals surface area contributed by atoms with Gasteiger partial charge in [0.2, 0.25) is 0 Å². The van der Waals surface area contributed by atoms with Gasteiger partial charge in [0.1, 0.15) is 0 Å². The number of hydrogen-bond donors (Lipinski definition) is 2. The van der Waals surface area contributed by atoms with E-state index < -0.39 is 22.6 Å². The lowest BCUT2D eigenvalue weighted by Gasteiger charge is -2.39. The number of hydrogen-bond acceptors (Lipinski definition) is 7. The first-order valence-corrected chi connectivity index (χ1v) is 19.2. The average molecular weight is 560 g/mol. The summed E-state index contributed by atoms with van der Waals surface area (Å²) in [6.07, 6.45) is 5.62. The molecule has 0 aromatic carbocycles. The van der Waals surface area contributed by atoms with Crippen LogP contribution in [0.15, 0.2) is 12.5 Å². The van der Waals surface area contributed by atoms with E-state index >= 15 is 0 Å². The number of carboxylic acid groups (broad SMARTS) is 1. The van der Waals surface area contributed by atoms with E-state index in [1.807, 2.05) is 11.1 Å². The summed E-state index contributed by atoms with van der Waals surface area (Å²) in [5.41, 5.74) is 1.08. The number of aryl methyl sites for hydroxylation is 1. The maximum Gasteiger partial charge on any atom is 0.317 e. The van der Waals surface area contributed by atoms with Gasteiger partial charge in [-0.2, -0.15) is 0 Å². The average Bonchev–Trinajstić information content (AvgIpc) is 3.29. The van der Waals surface area contributed by atoms with Gasteiger partial charge in [-0.1, -0.05) is 34.6 Å². The highest BCUT2D eigenvalue weighted by molar-refractivity contribution is 6.74. The third kappa shape index (κ3) is 13.0. The molecule has 1 aromatic rings. The van der Waals surface area contributed by atoms with E-state index in [9.17, 15) is 9.90 Å². The molecule has 0 saturated heterocycles. The van der Waals surface area contributed by atoms with Crippen LogP contribution in [0.1, 0.15) is 46.7 Å². The van der Waals surface area contributed by atoms with E-state index in [-0.39, 0.29) is 16.6 Å². The molecule has 9 nitrogen and oxygen atoms in total. The maximum atomic E-state index is 11.3. The van der Waals surface area contributed by atoms with Crippen molar-refractivity contribution in [3.63, 3.8) is 0 Å². The van der Waals surface area contributed by atoms with Crippen molar-refractivity contribution in [2.45, 2.75) is 83.7 Å². The maximum absolute atomic E-state index is 11.3. The standard InChI is InChI=1S/C26H53N3O6Si2/c1-25(2,3)36(6,7)34-18-16-32-14-12-29(21-24(30)31)13-15-33-17-19-35-37(8,9)26(4,5)11-10-23-20-27-22-28-23/h20,22H,10-19,21H2,1-9H3,(H,27,28)(H,30,31). The van der Waals surface area contributed by atoms with E-state index in [0.717, 1.165) is 18.5 Å². The van der Waals surface area contributed by atoms with Gasteiger partial charge in [-0.05, 0) is 49.1 Å². The van der Waals surface area contributed by atoms with E-state index in [1.54, 1.807) is 6.33 Å². The van der Waals surface area contributed by atoms with Crippen molar-refractivity contribution in [1.29, 1.82) is 0 Å². The molecule has 37 heavy (non-hydrogen) atoms. The van der Waals surface area contributed by atoms with Crippen LogP contribution < -0.4 is 0 Å². The molecule has 11 heteroatoms. The number of aliphatic carboxylic acids is 1. The second-order valence-corrected chi connectivity index (χ2v) is 21.8. The molecule has 0 fully saturated rings. The van der Waals surface area contributed by atoms with Crippen LogP contribution in [-0.2, 0) is 29.5 Å².